The molecule has 0 saturated carbocycles. The smallest absolute Gasteiger partial charge is 0.292 e. The molecule has 8 heteroatoms. The Labute approximate surface area is 143 Å². The molecular weight excluding hydrogens is 330 g/mol. The highest BCUT2D eigenvalue weighted by atomic mass is 32.2. The Bertz CT molecular complexity index is 748. The second kappa shape index (κ2) is 6.78. The molecule has 1 aliphatic rings. The number of nitrogens with zero attached hydrogens (tertiary/aromatic N) is 3. The summed E-state index contributed by atoms with van der Waals surface area (Å²) < 4.78 is 27.9. The lowest BCUT2D eigenvalue weighted by Gasteiger charge is -2.42. The van der Waals surface area contributed by atoms with Crippen LogP contribution in [0.1, 0.15) is 31.9 Å². The first-order chi connectivity index (χ1) is 11.1. The van der Waals surface area contributed by atoms with Gasteiger partial charge < -0.3 is 0 Å². The van der Waals surface area contributed by atoms with Crippen LogP contribution in [0.4, 0.5) is 5.69 Å². The Morgan fingerprint density at radius 2 is 1.75 bits per heavy atom. The molecule has 1 aromatic rings. The zero-order valence-electron chi connectivity index (χ0n) is 14.8. The maximum absolute atomic E-state index is 13.2. The molecule has 0 bridgehead atoms. The largest absolute Gasteiger partial charge is 0.298 e. The summed E-state index contributed by atoms with van der Waals surface area (Å²) in [5.74, 6) is 0. The molecule has 2 unspecified atom stereocenters. The number of nitro groups is 1. The van der Waals surface area contributed by atoms with Gasteiger partial charge in [0.25, 0.3) is 15.7 Å². The van der Waals surface area contributed by atoms with Crippen molar-refractivity contribution in [2.45, 2.75) is 51.6 Å². The van der Waals surface area contributed by atoms with Crippen molar-refractivity contribution < 1.29 is 13.3 Å². The van der Waals surface area contributed by atoms with Crippen LogP contribution in [-0.2, 0) is 10.0 Å². The van der Waals surface area contributed by atoms with E-state index in [-0.39, 0.29) is 22.7 Å². The summed E-state index contributed by atoms with van der Waals surface area (Å²) in [7, 11) is -3.94. The van der Waals surface area contributed by atoms with Crippen LogP contribution < -0.4 is 0 Å². The Hall–Kier alpha value is -1.51. The third-order valence-corrected chi connectivity index (χ3v) is 6.90. The number of hydrogen-bond acceptors (Lipinski definition) is 5. The Morgan fingerprint density at radius 1 is 1.17 bits per heavy atom. The Morgan fingerprint density at radius 3 is 2.29 bits per heavy atom. The van der Waals surface area contributed by atoms with E-state index in [1.54, 1.807) is 26.0 Å². The van der Waals surface area contributed by atoms with Crippen LogP contribution >= 0.6 is 0 Å². The van der Waals surface area contributed by atoms with Gasteiger partial charge in [0, 0.05) is 30.7 Å². The van der Waals surface area contributed by atoms with Gasteiger partial charge in [-0.2, -0.15) is 4.31 Å². The van der Waals surface area contributed by atoms with Gasteiger partial charge in [-0.25, -0.2) is 8.42 Å². The highest BCUT2D eigenvalue weighted by Gasteiger charge is 2.40. The van der Waals surface area contributed by atoms with Crippen molar-refractivity contribution in [1.82, 2.24) is 9.21 Å². The molecule has 2 atom stereocenters. The summed E-state index contributed by atoms with van der Waals surface area (Å²) in [6, 6.07) is 3.06. The van der Waals surface area contributed by atoms with Gasteiger partial charge in [0.2, 0.25) is 0 Å². The third-order valence-electron chi connectivity index (χ3n) is 4.74. The fraction of sp³-hybridized carbons (Fsp3) is 0.625. The lowest BCUT2D eigenvalue weighted by atomic mass is 10.1. The van der Waals surface area contributed by atoms with Crippen molar-refractivity contribution >= 4 is 15.7 Å². The molecule has 7 nitrogen and oxygen atoms in total. The van der Waals surface area contributed by atoms with E-state index in [1.807, 2.05) is 20.8 Å². The summed E-state index contributed by atoms with van der Waals surface area (Å²) in [6.07, 6.45) is 0. The fourth-order valence-corrected chi connectivity index (χ4v) is 5.52. The number of benzene rings is 1. The van der Waals surface area contributed by atoms with Crippen LogP contribution in [0, 0.1) is 24.0 Å². The van der Waals surface area contributed by atoms with Crippen molar-refractivity contribution in [3.8, 4) is 0 Å². The number of piperazine rings is 1. The van der Waals surface area contributed by atoms with Gasteiger partial charge in [-0.1, -0.05) is 19.1 Å². The number of sulfonamides is 1. The SMILES string of the molecule is CCN1CC(C)N(S(=O)(=O)c2c(C)ccc(C)c2[N+](=O)[O-])CC1C. The Balaban J connectivity index is 2.56. The average Bonchev–Trinajstić information content (AvgIpc) is 2.50. The number of hydrogen-bond donors (Lipinski definition) is 0. The lowest BCUT2D eigenvalue weighted by Crippen LogP contribution is -2.57. The standard InChI is InChI=1S/C16H25N3O4S/c1-6-17-9-14(5)18(10-13(17)4)24(22,23)16-12(3)8-7-11(2)15(16)19(20)21/h7-8,13-14H,6,9-10H2,1-5H3. The van der Waals surface area contributed by atoms with E-state index in [0.29, 0.717) is 24.2 Å². The lowest BCUT2D eigenvalue weighted by molar-refractivity contribution is -0.388. The van der Waals surface area contributed by atoms with Crippen LogP contribution in [0.25, 0.3) is 0 Å². The molecular formula is C16H25N3O4S. The molecule has 0 aromatic heterocycles. The summed E-state index contributed by atoms with van der Waals surface area (Å²) in [5, 5.41) is 11.5. The van der Waals surface area contributed by atoms with Crippen LogP contribution in [0.15, 0.2) is 17.0 Å². The zero-order valence-corrected chi connectivity index (χ0v) is 15.6. The first-order valence-electron chi connectivity index (χ1n) is 8.11. The predicted molar refractivity (Wildman–Crippen MR) is 92.6 cm³/mol. The maximum Gasteiger partial charge on any atom is 0.292 e. The quantitative estimate of drug-likeness (QED) is 0.611. The second-order valence-electron chi connectivity index (χ2n) is 6.49. The first kappa shape index (κ1) is 18.8. The maximum atomic E-state index is 13.2. The summed E-state index contributed by atoms with van der Waals surface area (Å²) in [5.41, 5.74) is 0.454. The number of rotatable bonds is 4. The van der Waals surface area contributed by atoms with Crippen molar-refractivity contribution in [1.29, 1.82) is 0 Å². The van der Waals surface area contributed by atoms with Crippen molar-refractivity contribution in [3.05, 3.63) is 33.4 Å². The summed E-state index contributed by atoms with van der Waals surface area (Å²) >= 11 is 0. The van der Waals surface area contributed by atoms with Crippen molar-refractivity contribution in [3.63, 3.8) is 0 Å². The molecule has 1 saturated heterocycles. The van der Waals surface area contributed by atoms with Gasteiger partial charge >= 0.3 is 0 Å². The highest BCUT2D eigenvalue weighted by Crippen LogP contribution is 2.34. The van der Waals surface area contributed by atoms with Gasteiger partial charge in [-0.3, -0.25) is 15.0 Å². The molecule has 0 amide bonds. The molecule has 134 valence electrons. The molecule has 24 heavy (non-hydrogen) atoms. The van der Waals surface area contributed by atoms with E-state index in [2.05, 4.69) is 4.90 Å². The highest BCUT2D eigenvalue weighted by molar-refractivity contribution is 7.89. The van der Waals surface area contributed by atoms with Gasteiger partial charge in [-0.15, -0.1) is 0 Å². The van der Waals surface area contributed by atoms with Gasteiger partial charge in [0.05, 0.1) is 4.92 Å². The zero-order chi connectivity index (χ0) is 18.2. The molecule has 2 rings (SSSR count). The molecule has 1 aromatic carbocycles. The molecule has 0 radical (unpaired) electrons. The average molecular weight is 355 g/mol. The van der Waals surface area contributed by atoms with Crippen molar-refractivity contribution in [2.24, 2.45) is 0 Å². The minimum atomic E-state index is -3.94. The van der Waals surface area contributed by atoms with E-state index in [4.69, 9.17) is 0 Å². The van der Waals surface area contributed by atoms with Crippen LogP contribution in [0.5, 0.6) is 0 Å². The normalized spacial score (nSPS) is 23.4. The topological polar surface area (TPSA) is 83.8 Å². The number of likely N-dealkylation sites (N-methyl/N-ethyl adjacent to an activating group) is 1. The first-order valence-corrected chi connectivity index (χ1v) is 9.55. The second-order valence-corrected chi connectivity index (χ2v) is 8.32. The van der Waals surface area contributed by atoms with E-state index >= 15 is 0 Å². The molecule has 1 heterocycles. The predicted octanol–water partition coefficient (Wildman–Crippen LogP) is 2.31. The molecule has 1 fully saturated rings. The van der Waals surface area contributed by atoms with Crippen LogP contribution in [-0.4, -0.2) is 54.3 Å². The van der Waals surface area contributed by atoms with E-state index in [1.165, 1.54) is 4.31 Å². The Kier molecular flexibility index (Phi) is 5.31. The van der Waals surface area contributed by atoms with Crippen molar-refractivity contribution in [2.75, 3.05) is 19.6 Å². The van der Waals surface area contributed by atoms with Gasteiger partial charge in [0.1, 0.15) is 0 Å². The number of aryl methyl sites for hydroxylation is 2. The number of nitro benzene ring substituents is 1. The summed E-state index contributed by atoms with van der Waals surface area (Å²) in [6.45, 7) is 10.9. The van der Waals surface area contributed by atoms with E-state index in [0.717, 1.165) is 6.54 Å². The minimum Gasteiger partial charge on any atom is -0.298 e. The van der Waals surface area contributed by atoms with E-state index < -0.39 is 14.9 Å². The van der Waals surface area contributed by atoms with Crippen LogP contribution in [0.3, 0.4) is 0 Å². The molecule has 0 N–H and O–H groups in total. The molecule has 1 aliphatic heterocycles. The summed E-state index contributed by atoms with van der Waals surface area (Å²) in [4.78, 5) is 12.9. The van der Waals surface area contributed by atoms with Gasteiger partial charge in [-0.05, 0) is 39.8 Å². The molecule has 0 spiro atoms. The minimum absolute atomic E-state index is 0.0742. The third kappa shape index (κ3) is 3.18. The molecule has 0 aliphatic carbocycles. The van der Waals surface area contributed by atoms with E-state index in [9.17, 15) is 18.5 Å². The monoisotopic (exact) mass is 355 g/mol. The van der Waals surface area contributed by atoms with Crippen LogP contribution in [0.2, 0.25) is 0 Å². The fourth-order valence-electron chi connectivity index (χ4n) is 3.38. The van der Waals surface area contributed by atoms with Gasteiger partial charge in [0.15, 0.2) is 4.90 Å².